The van der Waals surface area contributed by atoms with Crippen LogP contribution in [0.25, 0.3) is 22.6 Å². The van der Waals surface area contributed by atoms with Gasteiger partial charge >= 0.3 is 0 Å². The molecular formula is C21H21F2N3O4. The summed E-state index contributed by atoms with van der Waals surface area (Å²) in [4.78, 5) is 19.4. The smallest absolute Gasteiger partial charge is 0.227 e. The third-order valence-corrected chi connectivity index (χ3v) is 4.59. The molecule has 0 spiro atoms. The SMILES string of the molecule is CC(=O)N[C@@H](C)COc1cc2oc(-c3cc(F)c(OCC4CC4)c(F)c3)nc2cn1. The molecular weight excluding hydrogens is 396 g/mol. The molecule has 1 atom stereocenters. The van der Waals surface area contributed by atoms with Crippen LogP contribution in [-0.4, -0.2) is 35.1 Å². The number of halogens is 2. The Bertz CT molecular complexity index is 1060. The summed E-state index contributed by atoms with van der Waals surface area (Å²) in [7, 11) is 0. The Morgan fingerprint density at radius 3 is 2.67 bits per heavy atom. The van der Waals surface area contributed by atoms with Gasteiger partial charge in [-0.25, -0.2) is 18.7 Å². The Kier molecular flexibility index (Phi) is 5.52. The number of amides is 1. The number of oxazole rings is 1. The molecule has 4 rings (SSSR count). The van der Waals surface area contributed by atoms with Gasteiger partial charge in [-0.15, -0.1) is 0 Å². The first-order valence-electron chi connectivity index (χ1n) is 9.67. The van der Waals surface area contributed by atoms with Crippen molar-refractivity contribution in [3.63, 3.8) is 0 Å². The fourth-order valence-electron chi connectivity index (χ4n) is 2.92. The highest BCUT2D eigenvalue weighted by molar-refractivity contribution is 5.76. The van der Waals surface area contributed by atoms with Gasteiger partial charge in [0.15, 0.2) is 23.0 Å². The quantitative estimate of drug-likeness (QED) is 0.599. The van der Waals surface area contributed by atoms with Crippen LogP contribution < -0.4 is 14.8 Å². The van der Waals surface area contributed by atoms with Crippen molar-refractivity contribution in [2.45, 2.75) is 32.7 Å². The molecule has 7 nitrogen and oxygen atoms in total. The lowest BCUT2D eigenvalue weighted by Crippen LogP contribution is -2.35. The fraction of sp³-hybridized carbons (Fsp3) is 0.381. The molecule has 1 aromatic carbocycles. The van der Waals surface area contributed by atoms with Crippen LogP contribution in [-0.2, 0) is 4.79 Å². The second kappa shape index (κ2) is 8.25. The molecule has 1 aliphatic rings. The average molecular weight is 417 g/mol. The van der Waals surface area contributed by atoms with Crippen LogP contribution in [0.4, 0.5) is 8.78 Å². The minimum atomic E-state index is -0.804. The molecule has 0 bridgehead atoms. The zero-order chi connectivity index (χ0) is 21.3. The lowest BCUT2D eigenvalue weighted by atomic mass is 10.2. The summed E-state index contributed by atoms with van der Waals surface area (Å²) in [6.45, 7) is 3.75. The van der Waals surface area contributed by atoms with Gasteiger partial charge in [-0.2, -0.15) is 0 Å². The molecule has 3 aromatic rings. The first-order valence-corrected chi connectivity index (χ1v) is 9.67. The molecule has 1 fully saturated rings. The van der Waals surface area contributed by atoms with Crippen molar-refractivity contribution in [2.24, 2.45) is 5.92 Å². The minimum absolute atomic E-state index is 0.0575. The van der Waals surface area contributed by atoms with Gasteiger partial charge in [0.25, 0.3) is 0 Å². The summed E-state index contributed by atoms with van der Waals surface area (Å²) in [5, 5.41) is 2.70. The normalized spacial score (nSPS) is 14.5. The predicted octanol–water partition coefficient (Wildman–Crippen LogP) is 3.86. The predicted molar refractivity (Wildman–Crippen MR) is 104 cm³/mol. The molecule has 1 N–H and O–H groups in total. The fourth-order valence-corrected chi connectivity index (χ4v) is 2.92. The molecule has 0 saturated heterocycles. The van der Waals surface area contributed by atoms with E-state index in [9.17, 15) is 13.6 Å². The van der Waals surface area contributed by atoms with E-state index < -0.39 is 11.6 Å². The first-order chi connectivity index (χ1) is 14.4. The van der Waals surface area contributed by atoms with E-state index in [4.69, 9.17) is 13.9 Å². The Balaban J connectivity index is 1.51. The molecule has 0 aliphatic heterocycles. The standard InChI is InChI=1S/C21H21F2N3O4/c1-11(25-12(2)27)9-28-19-7-18-17(8-24-19)26-21(30-18)14-5-15(22)20(16(23)6-14)29-10-13-3-4-13/h5-8,11,13H,3-4,9-10H2,1-2H3,(H,25,27)/t11-/m0/s1. The summed E-state index contributed by atoms with van der Waals surface area (Å²) >= 11 is 0. The number of nitrogens with one attached hydrogen (secondary N) is 1. The van der Waals surface area contributed by atoms with Crippen molar-refractivity contribution in [2.75, 3.05) is 13.2 Å². The molecule has 1 amide bonds. The number of carbonyl (C=O) groups excluding carboxylic acids is 1. The van der Waals surface area contributed by atoms with Gasteiger partial charge in [0, 0.05) is 18.6 Å². The lowest BCUT2D eigenvalue weighted by Gasteiger charge is -2.12. The van der Waals surface area contributed by atoms with E-state index >= 15 is 0 Å². The van der Waals surface area contributed by atoms with Gasteiger partial charge in [-0.3, -0.25) is 4.79 Å². The van der Waals surface area contributed by atoms with Crippen LogP contribution in [0, 0.1) is 17.6 Å². The van der Waals surface area contributed by atoms with Gasteiger partial charge in [0.05, 0.1) is 18.8 Å². The molecule has 0 unspecified atom stereocenters. The summed E-state index contributed by atoms with van der Waals surface area (Å²) in [5.41, 5.74) is 0.931. The number of carbonyl (C=O) groups is 1. The van der Waals surface area contributed by atoms with Crippen molar-refractivity contribution in [1.29, 1.82) is 0 Å². The van der Waals surface area contributed by atoms with E-state index in [1.165, 1.54) is 19.2 Å². The molecule has 2 aromatic heterocycles. The van der Waals surface area contributed by atoms with Crippen molar-refractivity contribution < 1.29 is 27.5 Å². The van der Waals surface area contributed by atoms with E-state index in [1.54, 1.807) is 6.92 Å². The first kappa shape index (κ1) is 20.1. The van der Waals surface area contributed by atoms with E-state index in [2.05, 4.69) is 15.3 Å². The minimum Gasteiger partial charge on any atom is -0.487 e. The molecule has 1 aliphatic carbocycles. The Labute approximate surface area is 171 Å². The zero-order valence-corrected chi connectivity index (χ0v) is 16.6. The van der Waals surface area contributed by atoms with Gasteiger partial charge in [-0.1, -0.05) is 0 Å². The molecule has 1 saturated carbocycles. The van der Waals surface area contributed by atoms with E-state index in [0.29, 0.717) is 23.6 Å². The summed E-state index contributed by atoms with van der Waals surface area (Å²) in [6, 6.07) is 3.61. The van der Waals surface area contributed by atoms with E-state index in [-0.39, 0.29) is 41.6 Å². The van der Waals surface area contributed by atoms with Crippen molar-refractivity contribution in [1.82, 2.24) is 15.3 Å². The third-order valence-electron chi connectivity index (χ3n) is 4.59. The van der Waals surface area contributed by atoms with Gasteiger partial charge in [0.1, 0.15) is 12.1 Å². The lowest BCUT2D eigenvalue weighted by molar-refractivity contribution is -0.119. The second-order valence-corrected chi connectivity index (χ2v) is 7.45. The van der Waals surface area contributed by atoms with Gasteiger partial charge in [0.2, 0.25) is 17.7 Å². The average Bonchev–Trinajstić information content (AvgIpc) is 3.41. The highest BCUT2D eigenvalue weighted by Crippen LogP contribution is 2.34. The molecule has 9 heteroatoms. The van der Waals surface area contributed by atoms with Crippen molar-refractivity contribution in [3.05, 3.63) is 36.0 Å². The highest BCUT2D eigenvalue weighted by Gasteiger charge is 2.24. The summed E-state index contributed by atoms with van der Waals surface area (Å²) < 4.78 is 45.2. The molecule has 158 valence electrons. The maximum absolute atomic E-state index is 14.4. The number of aromatic nitrogens is 2. The second-order valence-electron chi connectivity index (χ2n) is 7.45. The van der Waals surface area contributed by atoms with Crippen molar-refractivity contribution in [3.8, 4) is 23.1 Å². The maximum Gasteiger partial charge on any atom is 0.227 e. The van der Waals surface area contributed by atoms with Crippen LogP contribution in [0.15, 0.2) is 28.8 Å². The number of hydrogen-bond donors (Lipinski definition) is 1. The van der Waals surface area contributed by atoms with E-state index in [1.807, 2.05) is 0 Å². The third kappa shape index (κ3) is 4.67. The molecule has 2 heterocycles. The Hall–Kier alpha value is -3.23. The van der Waals surface area contributed by atoms with Crippen molar-refractivity contribution >= 4 is 17.0 Å². The Morgan fingerprint density at radius 2 is 2.00 bits per heavy atom. The van der Waals surface area contributed by atoms with Crippen LogP contribution in [0.2, 0.25) is 0 Å². The zero-order valence-electron chi connectivity index (χ0n) is 16.6. The largest absolute Gasteiger partial charge is 0.487 e. The summed E-state index contributed by atoms with van der Waals surface area (Å²) in [6.07, 6.45) is 3.49. The number of ether oxygens (including phenoxy) is 2. The van der Waals surface area contributed by atoms with Gasteiger partial charge < -0.3 is 19.2 Å². The number of benzene rings is 1. The maximum atomic E-state index is 14.4. The summed E-state index contributed by atoms with van der Waals surface area (Å²) in [5.74, 6) is -1.43. The van der Waals surface area contributed by atoms with Crippen LogP contribution >= 0.6 is 0 Å². The number of fused-ring (bicyclic) bond motifs is 1. The van der Waals surface area contributed by atoms with Crippen LogP contribution in [0.3, 0.4) is 0 Å². The monoisotopic (exact) mass is 417 g/mol. The number of rotatable bonds is 8. The highest BCUT2D eigenvalue weighted by atomic mass is 19.1. The topological polar surface area (TPSA) is 86.5 Å². The van der Waals surface area contributed by atoms with E-state index in [0.717, 1.165) is 25.0 Å². The number of nitrogens with zero attached hydrogens (tertiary/aromatic N) is 2. The van der Waals surface area contributed by atoms with Gasteiger partial charge in [-0.05, 0) is 37.8 Å². The molecule has 30 heavy (non-hydrogen) atoms. The number of pyridine rings is 1. The van der Waals surface area contributed by atoms with Crippen LogP contribution in [0.1, 0.15) is 26.7 Å². The Morgan fingerprint density at radius 1 is 1.27 bits per heavy atom. The van der Waals surface area contributed by atoms with Crippen LogP contribution in [0.5, 0.6) is 11.6 Å². The number of hydrogen-bond acceptors (Lipinski definition) is 6. The molecule has 0 radical (unpaired) electrons.